The molecule has 9 heteroatoms. The molecule has 0 unspecified atom stereocenters. The Bertz CT molecular complexity index is 813. The zero-order valence-corrected chi connectivity index (χ0v) is 14.6. The van der Waals surface area contributed by atoms with E-state index in [0.29, 0.717) is 25.1 Å². The fourth-order valence-corrected chi connectivity index (χ4v) is 3.29. The van der Waals surface area contributed by atoms with E-state index in [-0.39, 0.29) is 29.2 Å². The van der Waals surface area contributed by atoms with E-state index in [4.69, 9.17) is 0 Å². The van der Waals surface area contributed by atoms with E-state index < -0.39 is 24.1 Å². The van der Waals surface area contributed by atoms with Gasteiger partial charge in [-0.15, -0.1) is 0 Å². The predicted molar refractivity (Wildman–Crippen MR) is 87.2 cm³/mol. The number of amides is 1. The van der Waals surface area contributed by atoms with Crippen molar-refractivity contribution >= 4 is 16.9 Å². The third-order valence-corrected chi connectivity index (χ3v) is 4.81. The highest BCUT2D eigenvalue weighted by molar-refractivity contribution is 5.84. The smallest absolute Gasteiger partial charge is 0.280 e. The first-order valence-corrected chi connectivity index (χ1v) is 8.50. The SMILES string of the molecule is Cc1nn(CC(=O)N2CCC(C)CC2)c2nc(C(F)F)cc(C(F)F)c12. The van der Waals surface area contributed by atoms with Gasteiger partial charge in [-0.2, -0.15) is 5.10 Å². The third kappa shape index (κ3) is 3.52. The molecule has 2 aromatic heterocycles. The van der Waals surface area contributed by atoms with Crippen molar-refractivity contribution in [1.82, 2.24) is 19.7 Å². The maximum Gasteiger partial charge on any atom is 0.280 e. The molecule has 142 valence electrons. The lowest BCUT2D eigenvalue weighted by molar-refractivity contribution is -0.133. The number of nitrogens with zero attached hydrogens (tertiary/aromatic N) is 4. The van der Waals surface area contributed by atoms with Gasteiger partial charge < -0.3 is 4.90 Å². The number of carbonyl (C=O) groups is 1. The van der Waals surface area contributed by atoms with E-state index in [1.54, 1.807) is 4.90 Å². The second-order valence-electron chi connectivity index (χ2n) is 6.74. The molecular formula is C17H20F4N4O. The number of alkyl halides is 4. The van der Waals surface area contributed by atoms with Gasteiger partial charge in [-0.05, 0) is 31.7 Å². The first kappa shape index (κ1) is 18.6. The predicted octanol–water partition coefficient (Wildman–Crippen LogP) is 3.87. The van der Waals surface area contributed by atoms with Gasteiger partial charge in [0, 0.05) is 18.7 Å². The molecule has 0 spiro atoms. The van der Waals surface area contributed by atoms with Crippen molar-refractivity contribution in [2.24, 2.45) is 5.92 Å². The van der Waals surface area contributed by atoms with Crippen LogP contribution in [-0.2, 0) is 11.3 Å². The Morgan fingerprint density at radius 1 is 1.23 bits per heavy atom. The van der Waals surface area contributed by atoms with Gasteiger partial charge in [0.2, 0.25) is 5.91 Å². The Labute approximate surface area is 148 Å². The van der Waals surface area contributed by atoms with Crippen LogP contribution in [0.1, 0.15) is 49.6 Å². The van der Waals surface area contributed by atoms with Crippen molar-refractivity contribution in [3.63, 3.8) is 0 Å². The molecule has 0 atom stereocenters. The largest absolute Gasteiger partial charge is 0.341 e. The minimum atomic E-state index is -2.99. The Morgan fingerprint density at radius 2 is 1.88 bits per heavy atom. The van der Waals surface area contributed by atoms with Crippen LogP contribution in [0.4, 0.5) is 17.6 Å². The Kier molecular flexibility index (Phi) is 5.15. The molecule has 2 aromatic rings. The first-order valence-electron chi connectivity index (χ1n) is 8.50. The maximum atomic E-state index is 13.3. The van der Waals surface area contributed by atoms with Crippen LogP contribution < -0.4 is 0 Å². The molecule has 0 aromatic carbocycles. The van der Waals surface area contributed by atoms with Crippen LogP contribution >= 0.6 is 0 Å². The summed E-state index contributed by atoms with van der Waals surface area (Å²) < 4.78 is 53.9. The summed E-state index contributed by atoms with van der Waals surface area (Å²) in [5.74, 6) is 0.333. The van der Waals surface area contributed by atoms with Crippen LogP contribution in [-0.4, -0.2) is 38.7 Å². The first-order chi connectivity index (χ1) is 12.3. The van der Waals surface area contributed by atoms with Gasteiger partial charge in [0.15, 0.2) is 5.65 Å². The number of hydrogen-bond donors (Lipinski definition) is 0. The molecule has 1 saturated heterocycles. The molecule has 1 aliphatic rings. The molecule has 0 N–H and O–H groups in total. The molecular weight excluding hydrogens is 352 g/mol. The lowest BCUT2D eigenvalue weighted by Crippen LogP contribution is -2.39. The Hall–Kier alpha value is -2.19. The third-order valence-electron chi connectivity index (χ3n) is 4.81. The molecule has 0 aliphatic carbocycles. The number of carbonyl (C=O) groups excluding carboxylic acids is 1. The van der Waals surface area contributed by atoms with Crippen molar-refractivity contribution in [3.8, 4) is 0 Å². The number of fused-ring (bicyclic) bond motifs is 1. The summed E-state index contributed by atoms with van der Waals surface area (Å²) in [5, 5.41) is 4.14. The zero-order chi connectivity index (χ0) is 19.0. The highest BCUT2D eigenvalue weighted by Crippen LogP contribution is 2.32. The number of aryl methyl sites for hydroxylation is 1. The average molecular weight is 372 g/mol. The van der Waals surface area contributed by atoms with Crippen molar-refractivity contribution in [2.45, 2.75) is 46.1 Å². The van der Waals surface area contributed by atoms with E-state index in [9.17, 15) is 22.4 Å². The van der Waals surface area contributed by atoms with Crippen LogP contribution in [0.5, 0.6) is 0 Å². The Morgan fingerprint density at radius 3 is 2.46 bits per heavy atom. The van der Waals surface area contributed by atoms with Crippen LogP contribution in [0.3, 0.4) is 0 Å². The highest BCUT2D eigenvalue weighted by Gasteiger charge is 2.25. The topological polar surface area (TPSA) is 51.0 Å². The van der Waals surface area contributed by atoms with Gasteiger partial charge in [0.1, 0.15) is 12.2 Å². The molecule has 5 nitrogen and oxygen atoms in total. The minimum Gasteiger partial charge on any atom is -0.341 e. The van der Waals surface area contributed by atoms with Crippen LogP contribution in [0.25, 0.3) is 11.0 Å². The molecule has 0 radical (unpaired) electrons. The van der Waals surface area contributed by atoms with Crippen molar-refractivity contribution in [2.75, 3.05) is 13.1 Å². The summed E-state index contributed by atoms with van der Waals surface area (Å²) in [6.07, 6.45) is -4.13. The Balaban J connectivity index is 1.97. The summed E-state index contributed by atoms with van der Waals surface area (Å²) in [5.41, 5.74) is -1.14. The number of likely N-dealkylation sites (tertiary alicyclic amines) is 1. The number of hydrogen-bond acceptors (Lipinski definition) is 3. The summed E-state index contributed by atoms with van der Waals surface area (Å²) in [4.78, 5) is 18.0. The summed E-state index contributed by atoms with van der Waals surface area (Å²) >= 11 is 0. The standard InChI is InChI=1S/C17H20F4N4O/c1-9-3-5-24(6-4-9)13(26)8-25-17-14(10(2)23-25)11(15(18)19)7-12(22-17)16(20)21/h7,9,15-16H,3-6,8H2,1-2H3. The molecule has 26 heavy (non-hydrogen) atoms. The lowest BCUT2D eigenvalue weighted by Gasteiger charge is -2.30. The summed E-state index contributed by atoms with van der Waals surface area (Å²) in [6, 6.07) is 0.713. The van der Waals surface area contributed by atoms with Gasteiger partial charge >= 0.3 is 0 Å². The van der Waals surface area contributed by atoms with E-state index >= 15 is 0 Å². The van der Waals surface area contributed by atoms with Gasteiger partial charge in [0.25, 0.3) is 12.9 Å². The molecule has 0 bridgehead atoms. The number of rotatable bonds is 4. The molecule has 1 fully saturated rings. The van der Waals surface area contributed by atoms with Gasteiger partial charge in [-0.1, -0.05) is 6.92 Å². The van der Waals surface area contributed by atoms with Crippen LogP contribution in [0.15, 0.2) is 6.07 Å². The van der Waals surface area contributed by atoms with Gasteiger partial charge in [0.05, 0.1) is 11.1 Å². The highest BCUT2D eigenvalue weighted by atomic mass is 19.3. The second kappa shape index (κ2) is 7.20. The molecule has 3 heterocycles. The van der Waals surface area contributed by atoms with Crippen molar-refractivity contribution in [3.05, 3.63) is 23.0 Å². The van der Waals surface area contributed by atoms with Crippen LogP contribution in [0, 0.1) is 12.8 Å². The fourth-order valence-electron chi connectivity index (χ4n) is 3.29. The lowest BCUT2D eigenvalue weighted by atomic mass is 9.99. The molecule has 1 aliphatic heterocycles. The maximum absolute atomic E-state index is 13.3. The van der Waals surface area contributed by atoms with Crippen molar-refractivity contribution < 1.29 is 22.4 Å². The average Bonchev–Trinajstić information content (AvgIpc) is 2.90. The van der Waals surface area contributed by atoms with E-state index in [0.717, 1.165) is 17.5 Å². The second-order valence-corrected chi connectivity index (χ2v) is 6.74. The van der Waals surface area contributed by atoms with Gasteiger partial charge in [-0.3, -0.25) is 4.79 Å². The number of pyridine rings is 1. The molecule has 3 rings (SSSR count). The van der Waals surface area contributed by atoms with E-state index in [1.807, 2.05) is 0 Å². The van der Waals surface area contributed by atoms with Crippen LogP contribution in [0.2, 0.25) is 0 Å². The monoisotopic (exact) mass is 372 g/mol. The molecule has 0 saturated carbocycles. The van der Waals surface area contributed by atoms with E-state index in [1.165, 1.54) is 6.92 Å². The normalized spacial score (nSPS) is 16.2. The zero-order valence-electron chi connectivity index (χ0n) is 14.6. The van der Waals surface area contributed by atoms with Crippen molar-refractivity contribution in [1.29, 1.82) is 0 Å². The number of halogens is 4. The van der Waals surface area contributed by atoms with Gasteiger partial charge in [-0.25, -0.2) is 27.2 Å². The number of aromatic nitrogens is 3. The summed E-state index contributed by atoms with van der Waals surface area (Å²) in [7, 11) is 0. The fraction of sp³-hybridized carbons (Fsp3) is 0.588. The molecule has 1 amide bonds. The summed E-state index contributed by atoms with van der Waals surface area (Å²) in [6.45, 7) is 4.66. The number of piperidine rings is 1. The van der Waals surface area contributed by atoms with E-state index in [2.05, 4.69) is 17.0 Å². The quantitative estimate of drug-likeness (QED) is 0.766. The minimum absolute atomic E-state index is 0.0319.